The normalized spacial score (nSPS) is 12.5. The smallest absolute Gasteiger partial charge is 0.231 e. The third kappa shape index (κ3) is 2.42. The molecule has 1 heterocycles. The number of aromatic hydroxyl groups is 1. The summed E-state index contributed by atoms with van der Waals surface area (Å²) in [5, 5.41) is 12.8. The molecule has 2 aromatic carbocycles. The zero-order chi connectivity index (χ0) is 13.2. The predicted octanol–water partition coefficient (Wildman–Crippen LogP) is 3.04. The van der Waals surface area contributed by atoms with E-state index in [1.165, 1.54) is 0 Å². The van der Waals surface area contributed by atoms with E-state index in [4.69, 9.17) is 9.47 Å². The molecular weight excluding hydrogens is 242 g/mol. The van der Waals surface area contributed by atoms with Gasteiger partial charge in [0.2, 0.25) is 6.79 Å². The minimum atomic E-state index is 0.295. The number of phenols is 1. The maximum Gasteiger partial charge on any atom is 0.231 e. The quantitative estimate of drug-likeness (QED) is 0.830. The number of aryl methyl sites for hydroxylation is 1. The van der Waals surface area contributed by atoms with Crippen LogP contribution in [0.15, 0.2) is 36.4 Å². The Morgan fingerprint density at radius 2 is 1.95 bits per heavy atom. The van der Waals surface area contributed by atoms with Crippen LogP contribution in [0.5, 0.6) is 17.2 Å². The third-order valence-electron chi connectivity index (χ3n) is 3.13. The van der Waals surface area contributed by atoms with Gasteiger partial charge in [0.05, 0.1) is 0 Å². The fourth-order valence-electron chi connectivity index (χ4n) is 2.02. The van der Waals surface area contributed by atoms with Crippen molar-refractivity contribution in [2.45, 2.75) is 13.5 Å². The molecule has 4 heteroatoms. The minimum absolute atomic E-state index is 0.295. The lowest BCUT2D eigenvalue weighted by atomic mass is 10.1. The summed E-state index contributed by atoms with van der Waals surface area (Å²) in [6.45, 7) is 2.87. The van der Waals surface area contributed by atoms with E-state index < -0.39 is 0 Å². The molecule has 0 spiro atoms. The molecule has 0 amide bonds. The topological polar surface area (TPSA) is 50.7 Å². The first-order chi connectivity index (χ1) is 9.22. The van der Waals surface area contributed by atoms with Crippen LogP contribution in [0, 0.1) is 6.92 Å². The van der Waals surface area contributed by atoms with Crippen molar-refractivity contribution in [3.8, 4) is 17.2 Å². The maximum absolute atomic E-state index is 9.48. The van der Waals surface area contributed by atoms with Gasteiger partial charge in [0.25, 0.3) is 0 Å². The molecule has 2 N–H and O–H groups in total. The van der Waals surface area contributed by atoms with Crippen molar-refractivity contribution < 1.29 is 14.6 Å². The predicted molar refractivity (Wildman–Crippen MR) is 72.7 cm³/mol. The van der Waals surface area contributed by atoms with Gasteiger partial charge in [-0.05, 0) is 48.4 Å². The molecule has 0 aromatic heterocycles. The lowest BCUT2D eigenvalue weighted by Crippen LogP contribution is -1.99. The maximum atomic E-state index is 9.48. The van der Waals surface area contributed by atoms with Gasteiger partial charge in [-0.15, -0.1) is 0 Å². The number of nitrogens with one attached hydrogen (secondary N) is 1. The molecule has 0 unspecified atom stereocenters. The van der Waals surface area contributed by atoms with Gasteiger partial charge < -0.3 is 19.9 Å². The number of rotatable bonds is 3. The molecular formula is C15H15NO3. The number of benzene rings is 2. The highest BCUT2D eigenvalue weighted by atomic mass is 16.7. The fraction of sp³-hybridized carbons (Fsp3) is 0.200. The molecule has 0 bridgehead atoms. The summed E-state index contributed by atoms with van der Waals surface area (Å²) in [6.07, 6.45) is 0. The molecule has 3 rings (SSSR count). The second kappa shape index (κ2) is 4.72. The van der Waals surface area contributed by atoms with Gasteiger partial charge in [-0.25, -0.2) is 0 Å². The van der Waals surface area contributed by atoms with Crippen molar-refractivity contribution in [2.24, 2.45) is 0 Å². The van der Waals surface area contributed by atoms with Crippen LogP contribution in [0.1, 0.15) is 11.1 Å². The number of fused-ring (bicyclic) bond motifs is 1. The first kappa shape index (κ1) is 11.7. The van der Waals surface area contributed by atoms with Crippen LogP contribution in [-0.2, 0) is 6.54 Å². The Balaban J connectivity index is 1.70. The van der Waals surface area contributed by atoms with Crippen LogP contribution in [0.3, 0.4) is 0 Å². The lowest BCUT2D eigenvalue weighted by molar-refractivity contribution is 0.174. The standard InChI is InChI=1S/C15H15NO3/c1-10-6-12(3-4-13(10)17)16-8-11-2-5-14-15(7-11)19-9-18-14/h2-7,16-17H,8-9H2,1H3. The summed E-state index contributed by atoms with van der Waals surface area (Å²) >= 11 is 0. The summed E-state index contributed by atoms with van der Waals surface area (Å²) < 4.78 is 10.6. The van der Waals surface area contributed by atoms with Crippen LogP contribution in [-0.4, -0.2) is 11.9 Å². The van der Waals surface area contributed by atoms with Crippen LogP contribution in [0.2, 0.25) is 0 Å². The average Bonchev–Trinajstić information content (AvgIpc) is 2.87. The molecule has 1 aliphatic heterocycles. The molecule has 0 aliphatic carbocycles. The fourth-order valence-corrected chi connectivity index (χ4v) is 2.02. The van der Waals surface area contributed by atoms with E-state index in [1.807, 2.05) is 37.3 Å². The van der Waals surface area contributed by atoms with Gasteiger partial charge in [0, 0.05) is 12.2 Å². The van der Waals surface area contributed by atoms with Gasteiger partial charge >= 0.3 is 0 Å². The summed E-state index contributed by atoms with van der Waals surface area (Å²) in [6, 6.07) is 11.4. The second-order valence-electron chi connectivity index (χ2n) is 4.54. The Hall–Kier alpha value is -2.36. The Morgan fingerprint density at radius 1 is 1.11 bits per heavy atom. The van der Waals surface area contributed by atoms with Gasteiger partial charge in [-0.3, -0.25) is 0 Å². The van der Waals surface area contributed by atoms with Crippen LogP contribution in [0.4, 0.5) is 5.69 Å². The zero-order valence-corrected chi connectivity index (χ0v) is 10.6. The summed E-state index contributed by atoms with van der Waals surface area (Å²) in [5.41, 5.74) is 2.96. The van der Waals surface area contributed by atoms with Crippen LogP contribution < -0.4 is 14.8 Å². The molecule has 98 valence electrons. The SMILES string of the molecule is Cc1cc(NCc2ccc3c(c2)OCO3)ccc1O. The second-order valence-corrected chi connectivity index (χ2v) is 4.54. The highest BCUT2D eigenvalue weighted by Crippen LogP contribution is 2.32. The minimum Gasteiger partial charge on any atom is -0.508 e. The molecule has 0 atom stereocenters. The van der Waals surface area contributed by atoms with Gasteiger partial charge in [0.1, 0.15) is 5.75 Å². The molecule has 2 aromatic rings. The van der Waals surface area contributed by atoms with Gasteiger partial charge in [-0.2, -0.15) is 0 Å². The Kier molecular flexibility index (Phi) is 2.91. The van der Waals surface area contributed by atoms with E-state index in [1.54, 1.807) is 6.07 Å². The van der Waals surface area contributed by atoms with Gasteiger partial charge in [-0.1, -0.05) is 6.07 Å². The average molecular weight is 257 g/mol. The molecule has 0 radical (unpaired) electrons. The van der Waals surface area contributed by atoms with Crippen molar-refractivity contribution in [3.63, 3.8) is 0 Å². The Morgan fingerprint density at radius 3 is 2.79 bits per heavy atom. The van der Waals surface area contributed by atoms with Crippen molar-refractivity contribution >= 4 is 5.69 Å². The zero-order valence-electron chi connectivity index (χ0n) is 10.6. The summed E-state index contributed by atoms with van der Waals surface area (Å²) in [7, 11) is 0. The Labute approximate surface area is 111 Å². The summed E-state index contributed by atoms with van der Waals surface area (Å²) in [5.74, 6) is 1.90. The van der Waals surface area contributed by atoms with E-state index in [2.05, 4.69) is 5.32 Å². The van der Waals surface area contributed by atoms with Gasteiger partial charge in [0.15, 0.2) is 11.5 Å². The highest BCUT2D eigenvalue weighted by Gasteiger charge is 2.12. The van der Waals surface area contributed by atoms with Crippen molar-refractivity contribution in [1.82, 2.24) is 0 Å². The van der Waals surface area contributed by atoms with Crippen LogP contribution in [0.25, 0.3) is 0 Å². The third-order valence-corrected chi connectivity index (χ3v) is 3.13. The number of ether oxygens (including phenoxy) is 2. The van der Waals surface area contributed by atoms with E-state index >= 15 is 0 Å². The molecule has 4 nitrogen and oxygen atoms in total. The molecule has 0 saturated carbocycles. The largest absolute Gasteiger partial charge is 0.508 e. The lowest BCUT2D eigenvalue weighted by Gasteiger charge is -2.08. The first-order valence-corrected chi connectivity index (χ1v) is 6.14. The first-order valence-electron chi connectivity index (χ1n) is 6.14. The Bertz CT molecular complexity index is 610. The molecule has 0 fully saturated rings. The molecule has 1 aliphatic rings. The monoisotopic (exact) mass is 257 g/mol. The van der Waals surface area contributed by atoms with E-state index in [9.17, 15) is 5.11 Å². The molecule has 0 saturated heterocycles. The number of anilines is 1. The number of hydrogen-bond donors (Lipinski definition) is 2. The van der Waals surface area contributed by atoms with Crippen LogP contribution >= 0.6 is 0 Å². The summed E-state index contributed by atoms with van der Waals surface area (Å²) in [4.78, 5) is 0. The van der Waals surface area contributed by atoms with E-state index in [0.717, 1.165) is 28.3 Å². The van der Waals surface area contributed by atoms with E-state index in [0.29, 0.717) is 19.1 Å². The number of hydrogen-bond acceptors (Lipinski definition) is 4. The van der Waals surface area contributed by atoms with Crippen molar-refractivity contribution in [2.75, 3.05) is 12.1 Å². The molecule has 19 heavy (non-hydrogen) atoms. The van der Waals surface area contributed by atoms with Crippen molar-refractivity contribution in [1.29, 1.82) is 0 Å². The van der Waals surface area contributed by atoms with E-state index in [-0.39, 0.29) is 0 Å². The number of phenolic OH excluding ortho intramolecular Hbond substituents is 1. The van der Waals surface area contributed by atoms with Crippen molar-refractivity contribution in [3.05, 3.63) is 47.5 Å². The highest BCUT2D eigenvalue weighted by molar-refractivity contribution is 5.51.